The Kier molecular flexibility index (Phi) is 8.04. The van der Waals surface area contributed by atoms with Crippen LogP contribution in [0.3, 0.4) is 0 Å². The first-order valence-electron chi connectivity index (χ1n) is 10.2. The smallest absolute Gasteiger partial charge is 0.335 e. The Balaban J connectivity index is 1.80. The van der Waals surface area contributed by atoms with Crippen molar-refractivity contribution in [2.45, 2.75) is 92.1 Å². The SMILES string of the molecule is NC[C@H]1O[C@H](O[C@@H]2[C@@H](O)[C@H](N)C[C@H](N)[C@H]2O[C@H]2O[C@@H](C(=O)O)[C@@H](O)[C@H](O)[C@H]2N)[C@H](O)[C@@H]1O. The number of aliphatic carboxylic acids is 1. The minimum atomic E-state index is -1.83. The van der Waals surface area contributed by atoms with E-state index in [4.69, 9.17) is 41.9 Å². The molecule has 0 aromatic heterocycles. The van der Waals surface area contributed by atoms with Crippen molar-refractivity contribution in [3.05, 3.63) is 0 Å². The molecule has 0 aromatic carbocycles. The number of carboxylic acids is 1. The van der Waals surface area contributed by atoms with Gasteiger partial charge < -0.3 is 72.5 Å². The van der Waals surface area contributed by atoms with E-state index in [0.717, 1.165) is 0 Å². The molecule has 0 amide bonds. The summed E-state index contributed by atoms with van der Waals surface area (Å²) in [6, 6.07) is -3.07. The molecule has 15 nitrogen and oxygen atoms in total. The quantitative estimate of drug-likeness (QED) is 0.173. The number of nitrogens with two attached hydrogens (primary N) is 4. The largest absolute Gasteiger partial charge is 0.479 e. The molecule has 0 unspecified atom stereocenters. The lowest BCUT2D eigenvalue weighted by Gasteiger charge is -2.46. The molecule has 32 heavy (non-hydrogen) atoms. The number of hydrogen-bond acceptors (Lipinski definition) is 14. The van der Waals surface area contributed by atoms with Crippen LogP contribution in [0.15, 0.2) is 0 Å². The van der Waals surface area contributed by atoms with Gasteiger partial charge in [0, 0.05) is 18.6 Å². The molecule has 0 radical (unpaired) electrons. The molecule has 14 N–H and O–H groups in total. The number of carbonyl (C=O) groups is 1. The molecule has 3 fully saturated rings. The second-order valence-corrected chi connectivity index (χ2v) is 8.34. The van der Waals surface area contributed by atoms with Crippen LogP contribution in [0.5, 0.6) is 0 Å². The highest BCUT2D eigenvalue weighted by molar-refractivity contribution is 5.73. The fourth-order valence-electron chi connectivity index (χ4n) is 4.15. The summed E-state index contributed by atoms with van der Waals surface area (Å²) in [5, 5.41) is 60.1. The summed E-state index contributed by atoms with van der Waals surface area (Å²) in [4.78, 5) is 11.4. The van der Waals surface area contributed by atoms with E-state index in [1.54, 1.807) is 0 Å². The Bertz CT molecular complexity index is 662. The first-order valence-corrected chi connectivity index (χ1v) is 10.2. The van der Waals surface area contributed by atoms with Crippen molar-refractivity contribution >= 4 is 5.97 Å². The van der Waals surface area contributed by atoms with E-state index in [-0.39, 0.29) is 13.0 Å². The van der Waals surface area contributed by atoms with Crippen molar-refractivity contribution in [1.29, 1.82) is 0 Å². The van der Waals surface area contributed by atoms with E-state index in [1.807, 2.05) is 0 Å². The van der Waals surface area contributed by atoms with Gasteiger partial charge >= 0.3 is 5.97 Å². The molecule has 2 saturated heterocycles. The zero-order valence-corrected chi connectivity index (χ0v) is 17.0. The van der Waals surface area contributed by atoms with Gasteiger partial charge in [-0.05, 0) is 6.42 Å². The minimum absolute atomic E-state index is 0.0727. The van der Waals surface area contributed by atoms with E-state index in [0.29, 0.717) is 0 Å². The summed E-state index contributed by atoms with van der Waals surface area (Å²) in [5.41, 5.74) is 23.4. The molecule has 14 atom stereocenters. The highest BCUT2D eigenvalue weighted by Crippen LogP contribution is 2.32. The molecular weight excluding hydrogens is 436 g/mol. The zero-order valence-electron chi connectivity index (χ0n) is 17.0. The van der Waals surface area contributed by atoms with Crippen LogP contribution in [0, 0.1) is 0 Å². The molecule has 186 valence electrons. The first-order chi connectivity index (χ1) is 15.0. The highest BCUT2D eigenvalue weighted by atomic mass is 16.7. The van der Waals surface area contributed by atoms with Gasteiger partial charge in [-0.15, -0.1) is 0 Å². The molecule has 0 aromatic rings. The number of carboxylic acid groups (broad SMARTS) is 1. The molecule has 2 aliphatic heterocycles. The van der Waals surface area contributed by atoms with Crippen LogP contribution in [-0.4, -0.2) is 129 Å². The molecule has 2 heterocycles. The van der Waals surface area contributed by atoms with Crippen LogP contribution < -0.4 is 22.9 Å². The van der Waals surface area contributed by atoms with Gasteiger partial charge in [0.15, 0.2) is 18.7 Å². The molecule has 15 heteroatoms. The van der Waals surface area contributed by atoms with Crippen molar-refractivity contribution in [3.8, 4) is 0 Å². The zero-order chi connectivity index (χ0) is 23.9. The third-order valence-corrected chi connectivity index (χ3v) is 6.09. The fourth-order valence-corrected chi connectivity index (χ4v) is 4.15. The summed E-state index contributed by atoms with van der Waals surface area (Å²) in [6.45, 7) is -0.105. The summed E-state index contributed by atoms with van der Waals surface area (Å²) in [5.74, 6) is -1.55. The van der Waals surface area contributed by atoms with Crippen LogP contribution in [0.25, 0.3) is 0 Å². The van der Waals surface area contributed by atoms with Crippen molar-refractivity contribution < 1.29 is 54.4 Å². The van der Waals surface area contributed by atoms with Crippen molar-refractivity contribution in [2.75, 3.05) is 6.54 Å². The standard InChI is InChI=1S/C17H32N4O11/c18-2-5-8(23)11(26)17(29-5)31-13-7(22)3(19)1-4(20)12(13)30-16-6(21)9(24)10(25)14(32-16)15(27)28/h3-14,16-17,22-26H,1-2,18-21H2,(H,27,28)/t3-,4+,5-,6-,7+,8-,9-,10+,11-,12-,13-,14-,16+,17-/m1/s1. The normalized spacial score (nSPS) is 52.2. The molecule has 3 rings (SSSR count). The minimum Gasteiger partial charge on any atom is -0.479 e. The van der Waals surface area contributed by atoms with Gasteiger partial charge in [0.25, 0.3) is 0 Å². The van der Waals surface area contributed by atoms with Gasteiger partial charge in [-0.3, -0.25) is 0 Å². The summed E-state index contributed by atoms with van der Waals surface area (Å²) in [7, 11) is 0. The lowest BCUT2D eigenvalue weighted by molar-refractivity contribution is -0.305. The van der Waals surface area contributed by atoms with Gasteiger partial charge in [-0.1, -0.05) is 0 Å². The van der Waals surface area contributed by atoms with E-state index >= 15 is 0 Å². The maximum Gasteiger partial charge on any atom is 0.335 e. The fraction of sp³-hybridized carbons (Fsp3) is 0.941. The lowest BCUT2D eigenvalue weighted by atomic mass is 9.84. The number of aliphatic hydroxyl groups excluding tert-OH is 5. The summed E-state index contributed by atoms with van der Waals surface area (Å²) >= 11 is 0. The summed E-state index contributed by atoms with van der Waals surface area (Å²) < 4.78 is 22.0. The Morgan fingerprint density at radius 2 is 1.44 bits per heavy atom. The molecule has 0 spiro atoms. The Morgan fingerprint density at radius 3 is 2.00 bits per heavy atom. The Morgan fingerprint density at radius 1 is 0.812 bits per heavy atom. The van der Waals surface area contributed by atoms with Crippen LogP contribution in [0.1, 0.15) is 6.42 Å². The molecular formula is C17H32N4O11. The monoisotopic (exact) mass is 468 g/mol. The molecule has 0 bridgehead atoms. The topological polar surface area (TPSA) is 279 Å². The van der Waals surface area contributed by atoms with Crippen LogP contribution in [0.2, 0.25) is 0 Å². The lowest BCUT2D eigenvalue weighted by Crippen LogP contribution is -2.68. The predicted molar refractivity (Wildman–Crippen MR) is 102 cm³/mol. The van der Waals surface area contributed by atoms with Gasteiger partial charge in [-0.25, -0.2) is 4.79 Å². The Hall–Kier alpha value is -1.05. The van der Waals surface area contributed by atoms with E-state index < -0.39 is 91.6 Å². The van der Waals surface area contributed by atoms with Crippen LogP contribution in [-0.2, 0) is 23.7 Å². The van der Waals surface area contributed by atoms with Crippen molar-refractivity contribution in [3.63, 3.8) is 0 Å². The molecule has 1 saturated carbocycles. The van der Waals surface area contributed by atoms with E-state index in [2.05, 4.69) is 0 Å². The number of rotatable bonds is 6. The number of ether oxygens (including phenoxy) is 4. The summed E-state index contributed by atoms with van der Waals surface area (Å²) in [6.07, 6.45) is -15.8. The van der Waals surface area contributed by atoms with Gasteiger partial charge in [-0.2, -0.15) is 0 Å². The average molecular weight is 468 g/mol. The maximum absolute atomic E-state index is 11.4. The molecule has 1 aliphatic carbocycles. The maximum atomic E-state index is 11.4. The van der Waals surface area contributed by atoms with Gasteiger partial charge in [0.1, 0.15) is 42.7 Å². The third-order valence-electron chi connectivity index (χ3n) is 6.09. The average Bonchev–Trinajstić information content (AvgIpc) is 3.01. The number of aliphatic hydroxyl groups is 5. The van der Waals surface area contributed by atoms with E-state index in [1.165, 1.54) is 0 Å². The highest BCUT2D eigenvalue weighted by Gasteiger charge is 2.52. The third kappa shape index (κ3) is 4.76. The van der Waals surface area contributed by atoms with Crippen LogP contribution >= 0.6 is 0 Å². The molecule has 3 aliphatic rings. The van der Waals surface area contributed by atoms with Crippen molar-refractivity contribution in [1.82, 2.24) is 0 Å². The second-order valence-electron chi connectivity index (χ2n) is 8.34. The van der Waals surface area contributed by atoms with Gasteiger partial charge in [0.05, 0.1) is 12.1 Å². The second kappa shape index (κ2) is 10.1. The van der Waals surface area contributed by atoms with Crippen LogP contribution in [0.4, 0.5) is 0 Å². The van der Waals surface area contributed by atoms with E-state index in [9.17, 15) is 35.4 Å². The van der Waals surface area contributed by atoms with Gasteiger partial charge in [0.2, 0.25) is 0 Å². The van der Waals surface area contributed by atoms with Crippen molar-refractivity contribution in [2.24, 2.45) is 22.9 Å². The Labute approximate surface area is 182 Å². The predicted octanol–water partition coefficient (Wildman–Crippen LogP) is -6.56. The first kappa shape index (κ1) is 25.6. The number of hydrogen-bond donors (Lipinski definition) is 10.